The van der Waals surface area contributed by atoms with E-state index in [0.717, 1.165) is 49.4 Å². The highest BCUT2D eigenvalue weighted by molar-refractivity contribution is 6.39. The van der Waals surface area contributed by atoms with Crippen molar-refractivity contribution in [1.82, 2.24) is 5.16 Å². The molecule has 0 amide bonds. The third kappa shape index (κ3) is 4.53. The number of amidine groups is 1. The van der Waals surface area contributed by atoms with E-state index in [-0.39, 0.29) is 11.9 Å². The van der Waals surface area contributed by atoms with E-state index in [9.17, 15) is 0 Å². The molecule has 1 saturated carbocycles. The molecule has 0 radical (unpaired) electrons. The molecule has 33 heavy (non-hydrogen) atoms. The van der Waals surface area contributed by atoms with Crippen LogP contribution in [-0.2, 0) is 11.3 Å². The maximum Gasteiger partial charge on any atom is 0.170 e. The predicted octanol–water partition coefficient (Wildman–Crippen LogP) is 5.42. The van der Waals surface area contributed by atoms with Crippen LogP contribution < -0.4 is 10.6 Å². The lowest BCUT2D eigenvalue weighted by molar-refractivity contribution is 0.0547. The molecule has 1 aliphatic carbocycles. The van der Waals surface area contributed by atoms with Gasteiger partial charge in [0.1, 0.15) is 11.5 Å². The first kappa shape index (κ1) is 22.1. The van der Waals surface area contributed by atoms with E-state index in [4.69, 9.17) is 43.4 Å². The van der Waals surface area contributed by atoms with Crippen molar-refractivity contribution in [1.29, 1.82) is 0 Å². The molecule has 3 N–H and O–H groups in total. The van der Waals surface area contributed by atoms with Crippen LogP contribution >= 0.6 is 23.2 Å². The van der Waals surface area contributed by atoms with Gasteiger partial charge in [0, 0.05) is 41.4 Å². The lowest BCUT2D eigenvalue weighted by atomic mass is 10.0. The zero-order valence-corrected chi connectivity index (χ0v) is 19.4. The monoisotopic (exact) mass is 486 g/mol. The summed E-state index contributed by atoms with van der Waals surface area (Å²) in [6, 6.07) is 13.1. The Hall–Kier alpha value is -2.74. The number of anilines is 1. The van der Waals surface area contributed by atoms with Crippen molar-refractivity contribution in [2.45, 2.75) is 37.9 Å². The SMILES string of the molecule is N/C(=N\O)c1ccc(N2CCC(OCc3c(-c4c(Cl)cccc4Cl)noc3C3CC3)C2)cc1. The molecule has 2 heterocycles. The lowest BCUT2D eigenvalue weighted by Crippen LogP contribution is -2.23. The molecule has 5 rings (SSSR count). The molecule has 1 saturated heterocycles. The normalized spacial score (nSPS) is 18.8. The molecular weight excluding hydrogens is 463 g/mol. The Morgan fingerprint density at radius 2 is 1.88 bits per heavy atom. The van der Waals surface area contributed by atoms with Crippen LogP contribution in [0.4, 0.5) is 5.69 Å². The minimum absolute atomic E-state index is 0.0743. The highest BCUT2D eigenvalue weighted by atomic mass is 35.5. The standard InChI is InChI=1S/C24H24Cl2N4O3/c25-19-2-1-3-20(26)21(19)22-18(23(33-29-22)14-4-5-14)13-32-17-10-11-30(12-17)16-8-6-15(7-9-16)24(27)28-31/h1-3,6-9,14,17,31H,4-5,10-13H2,(H2,27,28). The number of oxime groups is 1. The van der Waals surface area contributed by atoms with Crippen LogP contribution in [0.25, 0.3) is 11.3 Å². The van der Waals surface area contributed by atoms with Crippen LogP contribution in [0.5, 0.6) is 0 Å². The van der Waals surface area contributed by atoms with Gasteiger partial charge in [-0.25, -0.2) is 0 Å². The van der Waals surface area contributed by atoms with E-state index in [1.165, 1.54) is 0 Å². The molecule has 7 nitrogen and oxygen atoms in total. The Kier molecular flexibility index (Phi) is 6.19. The summed E-state index contributed by atoms with van der Waals surface area (Å²) in [5, 5.41) is 17.3. The third-order valence-corrected chi connectivity index (χ3v) is 6.84. The third-order valence-electron chi connectivity index (χ3n) is 6.21. The zero-order valence-electron chi connectivity index (χ0n) is 17.9. The Labute approximate surface area is 201 Å². The number of hydrogen-bond acceptors (Lipinski definition) is 6. The maximum absolute atomic E-state index is 8.83. The summed E-state index contributed by atoms with van der Waals surface area (Å²) in [4.78, 5) is 2.27. The molecule has 2 aliphatic rings. The molecule has 0 spiro atoms. The largest absolute Gasteiger partial charge is 0.409 e. The van der Waals surface area contributed by atoms with Crippen LogP contribution in [0.15, 0.2) is 52.1 Å². The number of hydrogen-bond donors (Lipinski definition) is 2. The van der Waals surface area contributed by atoms with Gasteiger partial charge in [-0.1, -0.05) is 39.6 Å². The number of rotatable bonds is 7. The van der Waals surface area contributed by atoms with Crippen molar-refractivity contribution < 1.29 is 14.5 Å². The van der Waals surface area contributed by atoms with E-state index in [0.29, 0.717) is 39.4 Å². The van der Waals surface area contributed by atoms with E-state index in [1.807, 2.05) is 30.3 Å². The highest BCUT2D eigenvalue weighted by Crippen LogP contribution is 2.46. The smallest absolute Gasteiger partial charge is 0.170 e. The molecule has 1 aromatic heterocycles. The van der Waals surface area contributed by atoms with Gasteiger partial charge >= 0.3 is 0 Å². The number of ether oxygens (including phenoxy) is 1. The van der Waals surface area contributed by atoms with Crippen molar-refractivity contribution in [3.63, 3.8) is 0 Å². The number of nitrogens with two attached hydrogens (primary N) is 1. The summed E-state index contributed by atoms with van der Waals surface area (Å²) in [5.41, 5.74) is 9.70. The average molecular weight is 487 g/mol. The van der Waals surface area contributed by atoms with Gasteiger partial charge in [-0.3, -0.25) is 0 Å². The van der Waals surface area contributed by atoms with Crippen molar-refractivity contribution in [2.75, 3.05) is 18.0 Å². The van der Waals surface area contributed by atoms with Crippen LogP contribution in [-0.4, -0.2) is 35.4 Å². The Bertz CT molecular complexity index is 1150. The quantitative estimate of drug-likeness (QED) is 0.200. The molecule has 3 aromatic rings. The molecule has 172 valence electrons. The van der Waals surface area contributed by atoms with Gasteiger partial charge in [0.2, 0.25) is 0 Å². The van der Waals surface area contributed by atoms with Crippen molar-refractivity contribution in [3.8, 4) is 11.3 Å². The molecule has 2 aromatic carbocycles. The summed E-state index contributed by atoms with van der Waals surface area (Å²) >= 11 is 12.9. The van der Waals surface area contributed by atoms with Crippen LogP contribution in [0.3, 0.4) is 0 Å². The van der Waals surface area contributed by atoms with Gasteiger partial charge in [0.05, 0.1) is 22.8 Å². The molecule has 0 bridgehead atoms. The summed E-state index contributed by atoms with van der Waals surface area (Å²) in [6.07, 6.45) is 3.17. The Balaban J connectivity index is 1.30. The molecule has 2 fully saturated rings. The van der Waals surface area contributed by atoms with E-state index >= 15 is 0 Å². The van der Waals surface area contributed by atoms with Crippen LogP contribution in [0.2, 0.25) is 10.0 Å². The lowest BCUT2D eigenvalue weighted by Gasteiger charge is -2.19. The number of nitrogens with zero attached hydrogens (tertiary/aromatic N) is 3. The Morgan fingerprint density at radius 1 is 1.15 bits per heavy atom. The van der Waals surface area contributed by atoms with E-state index in [2.05, 4.69) is 15.2 Å². The first-order valence-corrected chi connectivity index (χ1v) is 11.7. The first-order valence-electron chi connectivity index (χ1n) is 10.9. The maximum atomic E-state index is 8.83. The number of aromatic nitrogens is 1. The minimum Gasteiger partial charge on any atom is -0.409 e. The van der Waals surface area contributed by atoms with Crippen LogP contribution in [0, 0.1) is 0 Å². The highest BCUT2D eigenvalue weighted by Gasteiger charge is 2.34. The Morgan fingerprint density at radius 3 is 2.55 bits per heavy atom. The van der Waals surface area contributed by atoms with Gasteiger partial charge in [0.25, 0.3) is 0 Å². The summed E-state index contributed by atoms with van der Waals surface area (Å²) in [6.45, 7) is 2.05. The molecular formula is C24H24Cl2N4O3. The van der Waals surface area contributed by atoms with Crippen molar-refractivity contribution >= 4 is 34.7 Å². The average Bonchev–Trinajstić information content (AvgIpc) is 3.41. The second kappa shape index (κ2) is 9.25. The summed E-state index contributed by atoms with van der Waals surface area (Å²) < 4.78 is 12.1. The topological polar surface area (TPSA) is 97.1 Å². The molecule has 9 heteroatoms. The fourth-order valence-corrected chi connectivity index (χ4v) is 4.83. The van der Waals surface area contributed by atoms with Gasteiger partial charge in [-0.15, -0.1) is 0 Å². The first-order chi connectivity index (χ1) is 16.0. The summed E-state index contributed by atoms with van der Waals surface area (Å²) in [7, 11) is 0. The molecule has 1 aliphatic heterocycles. The second-order valence-corrected chi connectivity index (χ2v) is 9.26. The number of benzene rings is 2. The van der Waals surface area contributed by atoms with Gasteiger partial charge in [-0.05, 0) is 55.7 Å². The van der Waals surface area contributed by atoms with E-state index < -0.39 is 0 Å². The number of halogens is 2. The van der Waals surface area contributed by atoms with E-state index in [1.54, 1.807) is 12.1 Å². The molecule has 1 unspecified atom stereocenters. The van der Waals surface area contributed by atoms with Gasteiger partial charge in [0.15, 0.2) is 5.84 Å². The summed E-state index contributed by atoms with van der Waals surface area (Å²) in [5.74, 6) is 1.37. The van der Waals surface area contributed by atoms with Crippen molar-refractivity contribution in [2.24, 2.45) is 10.9 Å². The molecule has 1 atom stereocenters. The van der Waals surface area contributed by atoms with Crippen molar-refractivity contribution in [3.05, 3.63) is 69.4 Å². The minimum atomic E-state index is 0.0743. The predicted molar refractivity (Wildman–Crippen MR) is 128 cm³/mol. The fraction of sp³-hybridized carbons (Fsp3) is 0.333. The second-order valence-electron chi connectivity index (χ2n) is 8.44. The van der Waals surface area contributed by atoms with Crippen LogP contribution in [0.1, 0.15) is 42.1 Å². The van der Waals surface area contributed by atoms with Gasteiger partial charge < -0.3 is 25.1 Å². The van der Waals surface area contributed by atoms with Gasteiger partial charge in [-0.2, -0.15) is 0 Å². The fourth-order valence-electron chi connectivity index (χ4n) is 4.25. The zero-order chi connectivity index (χ0) is 22.9.